The summed E-state index contributed by atoms with van der Waals surface area (Å²) >= 11 is 0. The zero-order chi connectivity index (χ0) is 30.8. The van der Waals surface area contributed by atoms with E-state index in [1.54, 1.807) is 12.1 Å². The summed E-state index contributed by atoms with van der Waals surface area (Å²) in [6.45, 7) is 3.52. The molecule has 1 saturated heterocycles. The summed E-state index contributed by atoms with van der Waals surface area (Å²) in [6, 6.07) is 9.63. The van der Waals surface area contributed by atoms with Gasteiger partial charge in [0.2, 0.25) is 16.9 Å². The third-order valence-electron chi connectivity index (χ3n) is 7.98. The molecule has 43 heavy (non-hydrogen) atoms. The number of esters is 2. The van der Waals surface area contributed by atoms with Gasteiger partial charge in [-0.2, -0.15) is 0 Å². The number of carbonyl (C=O) groups excluding carboxylic acids is 2. The highest BCUT2D eigenvalue weighted by atomic mass is 16.6. The molecule has 4 heterocycles. The van der Waals surface area contributed by atoms with Gasteiger partial charge in [-0.15, -0.1) is 0 Å². The molecule has 1 fully saturated rings. The summed E-state index contributed by atoms with van der Waals surface area (Å²) < 4.78 is 29.1. The summed E-state index contributed by atoms with van der Waals surface area (Å²) in [5.74, 6) is -1.89. The number of benzene rings is 1. The van der Waals surface area contributed by atoms with Gasteiger partial charge in [-0.05, 0) is 36.1 Å². The SMILES string of the molecule is COC(=O)C[C@@H](c1cc(OC)c(OC(C)=O)c(OC)c1)c1oc(CN2C[C@H]3C[C@@H](C2)c2cccc(=O)n2C3)cc(=O)c1O. The first-order valence-corrected chi connectivity index (χ1v) is 13.9. The van der Waals surface area contributed by atoms with Gasteiger partial charge < -0.3 is 33.0 Å². The van der Waals surface area contributed by atoms with Crippen LogP contribution >= 0.6 is 0 Å². The number of ether oxygens (including phenoxy) is 4. The van der Waals surface area contributed by atoms with Gasteiger partial charge in [0.15, 0.2) is 17.3 Å². The lowest BCUT2D eigenvalue weighted by Gasteiger charge is -2.42. The second-order valence-corrected chi connectivity index (χ2v) is 10.9. The number of aromatic nitrogens is 1. The molecule has 0 saturated carbocycles. The molecule has 0 unspecified atom stereocenters. The highest BCUT2D eigenvalue weighted by molar-refractivity contribution is 5.74. The van der Waals surface area contributed by atoms with Crippen molar-refractivity contribution >= 4 is 11.9 Å². The van der Waals surface area contributed by atoms with Gasteiger partial charge in [-0.25, -0.2) is 0 Å². The lowest BCUT2D eigenvalue weighted by atomic mass is 9.83. The summed E-state index contributed by atoms with van der Waals surface area (Å²) in [5, 5.41) is 10.9. The molecule has 1 aromatic carbocycles. The number of rotatable bonds is 9. The molecule has 2 bridgehead atoms. The molecule has 1 N–H and O–H groups in total. The van der Waals surface area contributed by atoms with Crippen LogP contribution in [0.15, 0.2) is 50.4 Å². The molecule has 228 valence electrons. The van der Waals surface area contributed by atoms with Crippen LogP contribution < -0.4 is 25.2 Å². The molecule has 0 spiro atoms. The molecular weight excluding hydrogens is 560 g/mol. The lowest BCUT2D eigenvalue weighted by Crippen LogP contribution is -2.46. The Morgan fingerprint density at radius 3 is 2.42 bits per heavy atom. The minimum absolute atomic E-state index is 0.000575. The second-order valence-electron chi connectivity index (χ2n) is 10.9. The predicted molar refractivity (Wildman–Crippen MR) is 153 cm³/mol. The number of hydrogen-bond donors (Lipinski definition) is 1. The van der Waals surface area contributed by atoms with Crippen molar-refractivity contribution in [1.29, 1.82) is 0 Å². The Kier molecular flexibility index (Phi) is 8.58. The Bertz CT molecular complexity index is 1630. The summed E-state index contributed by atoms with van der Waals surface area (Å²) in [7, 11) is 3.99. The molecule has 2 aliphatic heterocycles. The van der Waals surface area contributed by atoms with Crippen LogP contribution in [0.3, 0.4) is 0 Å². The van der Waals surface area contributed by atoms with Crippen molar-refractivity contribution in [3.05, 3.63) is 79.8 Å². The maximum Gasteiger partial charge on any atom is 0.308 e. The van der Waals surface area contributed by atoms with E-state index >= 15 is 0 Å². The number of pyridine rings is 1. The molecule has 2 aliphatic rings. The van der Waals surface area contributed by atoms with E-state index in [2.05, 4.69) is 4.90 Å². The fourth-order valence-corrected chi connectivity index (χ4v) is 6.17. The van der Waals surface area contributed by atoms with Gasteiger partial charge in [0.25, 0.3) is 5.56 Å². The van der Waals surface area contributed by atoms with Crippen LogP contribution in [0, 0.1) is 5.92 Å². The Labute approximate surface area is 247 Å². The zero-order valence-electron chi connectivity index (χ0n) is 24.5. The molecule has 3 atom stereocenters. The Balaban J connectivity index is 1.51. The lowest BCUT2D eigenvalue weighted by molar-refractivity contribution is -0.141. The number of methoxy groups -OCH3 is 3. The standard InChI is InChI=1S/C31H34N2O10/c1-17(34)42-31-25(39-2)9-19(10-26(31)40-3)22(12-28(37)41-4)30-29(38)24(35)11-21(43-30)16-32-13-18-8-20(15-32)23-6-5-7-27(36)33(23)14-18/h5-7,9-11,18,20,22,38H,8,12-16H2,1-4H3/t18-,20+,22+/m1/s1. The first-order chi connectivity index (χ1) is 20.6. The van der Waals surface area contributed by atoms with Crippen molar-refractivity contribution < 1.29 is 38.1 Å². The number of aromatic hydroxyl groups is 1. The molecule has 12 heteroatoms. The number of likely N-dealkylation sites (tertiary alicyclic amines) is 1. The summed E-state index contributed by atoms with van der Waals surface area (Å²) in [4.78, 5) is 51.8. The van der Waals surface area contributed by atoms with Gasteiger partial charge in [0.05, 0.1) is 40.2 Å². The number of piperidine rings is 1. The maximum absolute atomic E-state index is 13.0. The van der Waals surface area contributed by atoms with Crippen LogP contribution in [0.1, 0.15) is 54.4 Å². The van der Waals surface area contributed by atoms with E-state index in [0.717, 1.165) is 12.1 Å². The van der Waals surface area contributed by atoms with Crippen molar-refractivity contribution in [2.45, 2.75) is 44.7 Å². The average Bonchev–Trinajstić information content (AvgIpc) is 2.98. The zero-order valence-corrected chi connectivity index (χ0v) is 24.5. The van der Waals surface area contributed by atoms with Crippen LogP contribution in [0.25, 0.3) is 0 Å². The minimum Gasteiger partial charge on any atom is -0.502 e. The van der Waals surface area contributed by atoms with Crippen molar-refractivity contribution in [1.82, 2.24) is 9.47 Å². The van der Waals surface area contributed by atoms with Crippen molar-refractivity contribution in [3.8, 4) is 23.0 Å². The molecule has 0 amide bonds. The molecule has 0 radical (unpaired) electrons. The summed E-state index contributed by atoms with van der Waals surface area (Å²) in [6.07, 6.45) is 0.689. The van der Waals surface area contributed by atoms with Crippen molar-refractivity contribution in [2.75, 3.05) is 34.4 Å². The quantitative estimate of drug-likeness (QED) is 0.288. The van der Waals surface area contributed by atoms with Crippen LogP contribution in [0.5, 0.6) is 23.0 Å². The Morgan fingerprint density at radius 2 is 1.77 bits per heavy atom. The normalized spacial score (nSPS) is 18.3. The van der Waals surface area contributed by atoms with Gasteiger partial charge in [-0.1, -0.05) is 6.07 Å². The molecular formula is C31H34N2O10. The first kappa shape index (κ1) is 29.9. The summed E-state index contributed by atoms with van der Waals surface area (Å²) in [5.41, 5.74) is 0.732. The maximum atomic E-state index is 13.0. The van der Waals surface area contributed by atoms with Crippen LogP contribution in [0.2, 0.25) is 0 Å². The van der Waals surface area contributed by atoms with E-state index in [1.165, 1.54) is 46.5 Å². The number of nitrogens with zero attached hydrogens (tertiary/aromatic N) is 2. The van der Waals surface area contributed by atoms with Crippen LogP contribution in [0.4, 0.5) is 0 Å². The number of carbonyl (C=O) groups is 2. The van der Waals surface area contributed by atoms with Gasteiger partial charge >= 0.3 is 11.9 Å². The number of fused-ring (bicyclic) bond motifs is 4. The molecule has 12 nitrogen and oxygen atoms in total. The highest BCUT2D eigenvalue weighted by Gasteiger charge is 2.35. The first-order valence-electron chi connectivity index (χ1n) is 13.9. The third-order valence-corrected chi connectivity index (χ3v) is 7.98. The predicted octanol–water partition coefficient (Wildman–Crippen LogP) is 2.76. The third kappa shape index (κ3) is 6.14. The molecule has 2 aromatic heterocycles. The Morgan fingerprint density at radius 1 is 1.05 bits per heavy atom. The topological polar surface area (TPSA) is 147 Å². The van der Waals surface area contributed by atoms with Gasteiger partial charge in [-0.3, -0.25) is 24.1 Å². The van der Waals surface area contributed by atoms with Crippen molar-refractivity contribution in [3.63, 3.8) is 0 Å². The fraction of sp³-hybridized carbons (Fsp3) is 0.419. The van der Waals surface area contributed by atoms with E-state index in [4.69, 9.17) is 23.4 Å². The van der Waals surface area contributed by atoms with E-state index in [-0.39, 0.29) is 53.4 Å². The van der Waals surface area contributed by atoms with E-state index < -0.39 is 29.0 Å². The van der Waals surface area contributed by atoms with E-state index in [1.807, 2.05) is 10.6 Å². The number of hydrogen-bond acceptors (Lipinski definition) is 11. The monoisotopic (exact) mass is 594 g/mol. The minimum atomic E-state index is -0.978. The fourth-order valence-electron chi connectivity index (χ4n) is 6.17. The van der Waals surface area contributed by atoms with Crippen LogP contribution in [-0.2, 0) is 27.4 Å². The smallest absolute Gasteiger partial charge is 0.308 e. The van der Waals surface area contributed by atoms with E-state index in [9.17, 15) is 24.3 Å². The Hall–Kier alpha value is -4.58. The average molecular weight is 595 g/mol. The molecule has 3 aromatic rings. The molecule has 5 rings (SSSR count). The van der Waals surface area contributed by atoms with Crippen LogP contribution in [-0.4, -0.2) is 60.9 Å². The van der Waals surface area contributed by atoms with Crippen molar-refractivity contribution in [2.24, 2.45) is 5.92 Å². The van der Waals surface area contributed by atoms with E-state index in [0.29, 0.717) is 31.0 Å². The van der Waals surface area contributed by atoms with Gasteiger partial charge in [0.1, 0.15) is 5.76 Å². The van der Waals surface area contributed by atoms with Gasteiger partial charge in [0, 0.05) is 50.3 Å². The molecule has 0 aliphatic carbocycles. The highest BCUT2D eigenvalue weighted by Crippen LogP contribution is 2.44. The second kappa shape index (κ2) is 12.3. The largest absolute Gasteiger partial charge is 0.502 e.